The van der Waals surface area contributed by atoms with Gasteiger partial charge in [0, 0.05) is 12.6 Å². The van der Waals surface area contributed by atoms with Crippen LogP contribution in [0.2, 0.25) is 0 Å². The number of carbonyl (C=O) groups is 2. The van der Waals surface area contributed by atoms with E-state index >= 15 is 0 Å². The molecule has 10 nitrogen and oxygen atoms in total. The number of sulfonamides is 1. The lowest BCUT2D eigenvalue weighted by Crippen LogP contribution is -2.32. The van der Waals surface area contributed by atoms with Crippen molar-refractivity contribution in [2.45, 2.75) is 37.3 Å². The van der Waals surface area contributed by atoms with E-state index in [0.29, 0.717) is 11.3 Å². The first kappa shape index (κ1) is 24.2. The minimum atomic E-state index is -3.74. The molecule has 1 heterocycles. The molecular formula is C22H24N4O6S. The van der Waals surface area contributed by atoms with E-state index in [9.17, 15) is 23.3 Å². The predicted octanol–water partition coefficient (Wildman–Crippen LogP) is 2.34. The number of hydrogen-bond donors (Lipinski definition) is 2. The molecule has 0 bridgehead atoms. The molecule has 1 amide bonds. The molecule has 33 heavy (non-hydrogen) atoms. The van der Waals surface area contributed by atoms with E-state index in [-0.39, 0.29) is 21.7 Å². The van der Waals surface area contributed by atoms with Crippen molar-refractivity contribution in [2.75, 3.05) is 19.4 Å². The molecule has 174 valence electrons. The molecule has 0 spiro atoms. The van der Waals surface area contributed by atoms with E-state index in [0.717, 1.165) is 0 Å². The average molecular weight is 473 g/mol. The minimum Gasteiger partial charge on any atom is -0.456 e. The second kappa shape index (κ2) is 8.82. The molecule has 3 rings (SSSR count). The van der Waals surface area contributed by atoms with Crippen LogP contribution in [0.25, 0.3) is 0 Å². The zero-order valence-electron chi connectivity index (χ0n) is 18.8. The van der Waals surface area contributed by atoms with Crippen LogP contribution in [0.1, 0.15) is 48.3 Å². The molecule has 2 aromatic rings. The zero-order valence-corrected chi connectivity index (χ0v) is 19.6. The maximum Gasteiger partial charge on any atom is 0.340 e. The Morgan fingerprint density at radius 3 is 2.48 bits per heavy atom. The van der Waals surface area contributed by atoms with Crippen molar-refractivity contribution in [2.24, 2.45) is 0 Å². The fourth-order valence-corrected chi connectivity index (χ4v) is 4.01. The van der Waals surface area contributed by atoms with Crippen LogP contribution >= 0.6 is 0 Å². The molecular weight excluding hydrogens is 448 g/mol. The van der Waals surface area contributed by atoms with Crippen LogP contribution < -0.4 is 14.9 Å². The Balaban J connectivity index is 1.97. The van der Waals surface area contributed by atoms with Crippen LogP contribution in [0.5, 0.6) is 5.75 Å². The van der Waals surface area contributed by atoms with Crippen molar-refractivity contribution in [3.05, 3.63) is 53.1 Å². The minimum absolute atomic E-state index is 0.0191. The SMILES string of the molecule is CNS(=O)(=O)c1ccc2c(c1)C(C(=O)Nc1ccc(C#N)cc1C(=O)OC(C)(C)C)N(C)O2. The Morgan fingerprint density at radius 2 is 1.88 bits per heavy atom. The van der Waals surface area contributed by atoms with Gasteiger partial charge in [0.2, 0.25) is 15.9 Å². The number of esters is 1. The number of hydroxylamine groups is 2. The number of nitrogens with one attached hydrogen (secondary N) is 2. The third-order valence-corrected chi connectivity index (χ3v) is 6.15. The number of amides is 1. The van der Waals surface area contributed by atoms with Crippen LogP contribution in [-0.4, -0.2) is 45.1 Å². The lowest BCUT2D eigenvalue weighted by molar-refractivity contribution is -0.129. The number of rotatable bonds is 5. The van der Waals surface area contributed by atoms with Gasteiger partial charge in [-0.05, 0) is 64.2 Å². The number of carbonyl (C=O) groups excluding carboxylic acids is 2. The summed E-state index contributed by atoms with van der Waals surface area (Å²) in [6, 6.07) is 9.41. The van der Waals surface area contributed by atoms with Gasteiger partial charge in [-0.3, -0.25) is 4.79 Å². The average Bonchev–Trinajstić information content (AvgIpc) is 3.07. The lowest BCUT2D eigenvalue weighted by atomic mass is 10.0. The monoisotopic (exact) mass is 472 g/mol. The summed E-state index contributed by atoms with van der Waals surface area (Å²) >= 11 is 0. The van der Waals surface area contributed by atoms with Crippen molar-refractivity contribution in [1.29, 1.82) is 5.26 Å². The van der Waals surface area contributed by atoms with Gasteiger partial charge in [0.25, 0.3) is 0 Å². The van der Waals surface area contributed by atoms with E-state index in [1.807, 2.05) is 6.07 Å². The third kappa shape index (κ3) is 5.14. The first-order valence-corrected chi connectivity index (χ1v) is 11.4. The maximum absolute atomic E-state index is 13.2. The van der Waals surface area contributed by atoms with Gasteiger partial charge in [-0.25, -0.2) is 17.9 Å². The number of hydrogen-bond acceptors (Lipinski definition) is 8. The summed E-state index contributed by atoms with van der Waals surface area (Å²) in [6.07, 6.45) is 0. The number of nitrogens with zero attached hydrogens (tertiary/aromatic N) is 2. The standard InChI is InChI=1S/C22H24N4O6S/c1-22(2,3)31-21(28)15-10-13(12-23)6-8-17(15)25-20(27)19-16-11-14(33(29,30)24-4)7-9-18(16)32-26(19)5/h6-11,19,24H,1-5H3,(H,25,27). The Bertz CT molecular complexity index is 1260. The Hall–Kier alpha value is -3.46. The van der Waals surface area contributed by atoms with E-state index < -0.39 is 33.5 Å². The summed E-state index contributed by atoms with van der Waals surface area (Å²) in [6.45, 7) is 5.11. The van der Waals surface area contributed by atoms with Crippen molar-refractivity contribution in [3.63, 3.8) is 0 Å². The van der Waals surface area contributed by atoms with Gasteiger partial charge in [-0.15, -0.1) is 5.06 Å². The summed E-state index contributed by atoms with van der Waals surface area (Å²) in [7, 11) is -0.914. The molecule has 2 aromatic carbocycles. The van der Waals surface area contributed by atoms with Crippen LogP contribution in [0.15, 0.2) is 41.3 Å². The highest BCUT2D eigenvalue weighted by Crippen LogP contribution is 2.38. The Kier molecular flexibility index (Phi) is 6.46. The van der Waals surface area contributed by atoms with Gasteiger partial charge < -0.3 is 14.9 Å². The zero-order chi connectivity index (χ0) is 24.6. The first-order chi connectivity index (χ1) is 15.4. The molecule has 11 heteroatoms. The van der Waals surface area contributed by atoms with Gasteiger partial charge in [0.1, 0.15) is 5.60 Å². The molecule has 0 saturated heterocycles. The summed E-state index contributed by atoms with van der Waals surface area (Å²) in [5.41, 5.74) is -0.0461. The summed E-state index contributed by atoms with van der Waals surface area (Å²) < 4.78 is 32.0. The summed E-state index contributed by atoms with van der Waals surface area (Å²) in [5.74, 6) is -0.932. The van der Waals surface area contributed by atoms with Gasteiger partial charge in [-0.2, -0.15) is 5.26 Å². The number of nitriles is 1. The fourth-order valence-electron chi connectivity index (χ4n) is 3.24. The van der Waals surface area contributed by atoms with Crippen molar-refractivity contribution >= 4 is 27.6 Å². The fraction of sp³-hybridized carbons (Fsp3) is 0.318. The quantitative estimate of drug-likeness (QED) is 0.633. The van der Waals surface area contributed by atoms with E-state index in [4.69, 9.17) is 9.57 Å². The molecule has 1 aliphatic heterocycles. The van der Waals surface area contributed by atoms with Crippen molar-refractivity contribution < 1.29 is 27.6 Å². The van der Waals surface area contributed by atoms with Crippen LogP contribution in [0.3, 0.4) is 0 Å². The third-order valence-electron chi connectivity index (χ3n) is 4.73. The molecule has 1 aliphatic rings. The highest BCUT2D eigenvalue weighted by molar-refractivity contribution is 7.89. The van der Waals surface area contributed by atoms with Crippen LogP contribution in [-0.2, 0) is 19.6 Å². The van der Waals surface area contributed by atoms with Gasteiger partial charge in [0.15, 0.2) is 11.8 Å². The van der Waals surface area contributed by atoms with E-state index in [1.165, 1.54) is 55.6 Å². The Morgan fingerprint density at radius 1 is 1.18 bits per heavy atom. The second-order valence-electron chi connectivity index (χ2n) is 8.31. The molecule has 0 fully saturated rings. The van der Waals surface area contributed by atoms with Gasteiger partial charge >= 0.3 is 5.97 Å². The topological polar surface area (TPSA) is 138 Å². The largest absolute Gasteiger partial charge is 0.456 e. The number of ether oxygens (including phenoxy) is 1. The van der Waals surface area contributed by atoms with E-state index in [1.54, 1.807) is 20.8 Å². The maximum atomic E-state index is 13.2. The predicted molar refractivity (Wildman–Crippen MR) is 119 cm³/mol. The number of likely N-dealkylation sites (N-methyl/N-ethyl adjacent to an activating group) is 1. The van der Waals surface area contributed by atoms with E-state index in [2.05, 4.69) is 10.0 Å². The van der Waals surface area contributed by atoms with Gasteiger partial charge in [-0.1, -0.05) is 0 Å². The second-order valence-corrected chi connectivity index (χ2v) is 10.2. The lowest BCUT2D eigenvalue weighted by Gasteiger charge is -2.22. The number of benzene rings is 2. The summed E-state index contributed by atoms with van der Waals surface area (Å²) in [4.78, 5) is 31.5. The molecule has 0 aromatic heterocycles. The first-order valence-electron chi connectivity index (χ1n) is 9.93. The molecule has 0 radical (unpaired) electrons. The highest BCUT2D eigenvalue weighted by atomic mass is 32.2. The normalized spacial score (nSPS) is 15.8. The van der Waals surface area contributed by atoms with Crippen molar-refractivity contribution in [3.8, 4) is 11.8 Å². The highest BCUT2D eigenvalue weighted by Gasteiger charge is 2.37. The van der Waals surface area contributed by atoms with Crippen LogP contribution in [0.4, 0.5) is 5.69 Å². The van der Waals surface area contributed by atoms with Crippen LogP contribution in [0, 0.1) is 11.3 Å². The molecule has 1 atom stereocenters. The summed E-state index contributed by atoms with van der Waals surface area (Å²) in [5, 5.41) is 13.2. The molecule has 2 N–H and O–H groups in total. The number of fused-ring (bicyclic) bond motifs is 1. The molecule has 0 aliphatic carbocycles. The van der Waals surface area contributed by atoms with Crippen molar-refractivity contribution in [1.82, 2.24) is 9.79 Å². The number of anilines is 1. The smallest absolute Gasteiger partial charge is 0.340 e. The molecule has 0 saturated carbocycles. The molecule has 1 unspecified atom stereocenters. The Labute approximate surface area is 192 Å². The van der Waals surface area contributed by atoms with Gasteiger partial charge in [0.05, 0.1) is 27.8 Å².